The molecule has 0 aromatic carbocycles. The summed E-state index contributed by atoms with van der Waals surface area (Å²) in [7, 11) is 0. The maximum atomic E-state index is 11.9. The van der Waals surface area contributed by atoms with E-state index in [4.69, 9.17) is 5.11 Å². The molecule has 0 bridgehead atoms. The fraction of sp³-hybridized carbons (Fsp3) is 0.400. The molecule has 2 heterocycles. The number of likely N-dealkylation sites (tertiary alicyclic amines) is 1. The highest BCUT2D eigenvalue weighted by molar-refractivity contribution is 7.12. The molecule has 15 heavy (non-hydrogen) atoms. The molecule has 0 unspecified atom stereocenters. The molecule has 2 rings (SSSR count). The van der Waals surface area contributed by atoms with Crippen LogP contribution in [0.3, 0.4) is 0 Å². The number of hydrogen-bond acceptors (Lipinski definition) is 3. The van der Waals surface area contributed by atoms with Crippen LogP contribution in [0, 0.1) is 0 Å². The van der Waals surface area contributed by atoms with Crippen molar-refractivity contribution in [3.8, 4) is 0 Å². The van der Waals surface area contributed by atoms with Crippen LogP contribution in [-0.2, 0) is 4.79 Å². The van der Waals surface area contributed by atoms with E-state index in [-0.39, 0.29) is 5.91 Å². The van der Waals surface area contributed by atoms with Crippen LogP contribution in [0.25, 0.3) is 0 Å². The Bertz CT molecular complexity index is 374. The van der Waals surface area contributed by atoms with Gasteiger partial charge < -0.3 is 10.0 Å². The minimum Gasteiger partial charge on any atom is -0.480 e. The van der Waals surface area contributed by atoms with Crippen molar-refractivity contribution in [3.63, 3.8) is 0 Å². The summed E-state index contributed by atoms with van der Waals surface area (Å²) in [6, 6.07) is 2.88. The average Bonchev–Trinajstić information content (AvgIpc) is 2.88. The molecule has 5 heteroatoms. The number of nitrogens with zero attached hydrogens (tertiary/aromatic N) is 1. The minimum atomic E-state index is -0.905. The third-order valence-corrected chi connectivity index (χ3v) is 3.39. The van der Waals surface area contributed by atoms with Gasteiger partial charge >= 0.3 is 5.97 Å². The molecule has 1 saturated heterocycles. The summed E-state index contributed by atoms with van der Waals surface area (Å²) >= 11 is 1.35. The zero-order valence-corrected chi connectivity index (χ0v) is 8.87. The Morgan fingerprint density at radius 1 is 1.53 bits per heavy atom. The molecule has 1 aromatic heterocycles. The number of carboxylic acid groups (broad SMARTS) is 1. The van der Waals surface area contributed by atoms with Crippen LogP contribution in [0.2, 0.25) is 0 Å². The summed E-state index contributed by atoms with van der Waals surface area (Å²) in [6.07, 6.45) is 1.33. The standard InChI is InChI=1S/C10H11NO3S/c12-9(8-4-2-6-15-8)11-5-1-3-7(11)10(13)14/h2,4,6-7H,1,3,5H2,(H,13,14)/t7-/m1/s1. The van der Waals surface area contributed by atoms with Gasteiger partial charge in [0.15, 0.2) is 0 Å². The summed E-state index contributed by atoms with van der Waals surface area (Å²) in [5.41, 5.74) is 0. The van der Waals surface area contributed by atoms with Crippen molar-refractivity contribution >= 4 is 23.2 Å². The summed E-state index contributed by atoms with van der Waals surface area (Å²) in [5, 5.41) is 10.8. The smallest absolute Gasteiger partial charge is 0.326 e. The molecule has 4 nitrogen and oxygen atoms in total. The van der Waals surface area contributed by atoms with E-state index in [1.807, 2.05) is 5.38 Å². The molecular formula is C10H11NO3S. The monoisotopic (exact) mass is 225 g/mol. The third kappa shape index (κ3) is 1.87. The van der Waals surface area contributed by atoms with E-state index in [2.05, 4.69) is 0 Å². The topological polar surface area (TPSA) is 57.6 Å². The van der Waals surface area contributed by atoms with Crippen molar-refractivity contribution in [2.45, 2.75) is 18.9 Å². The predicted octanol–water partition coefficient (Wildman–Crippen LogP) is 1.44. The molecular weight excluding hydrogens is 214 g/mol. The van der Waals surface area contributed by atoms with Gasteiger partial charge in [-0.2, -0.15) is 0 Å². The molecule has 0 radical (unpaired) electrons. The van der Waals surface area contributed by atoms with Gasteiger partial charge in [0, 0.05) is 6.54 Å². The van der Waals surface area contributed by atoms with E-state index in [9.17, 15) is 9.59 Å². The number of carboxylic acids is 1. The molecule has 1 fully saturated rings. The molecule has 1 amide bonds. The lowest BCUT2D eigenvalue weighted by Gasteiger charge is -2.20. The highest BCUT2D eigenvalue weighted by atomic mass is 32.1. The first-order chi connectivity index (χ1) is 7.20. The average molecular weight is 225 g/mol. The molecule has 80 valence electrons. The van der Waals surface area contributed by atoms with Gasteiger partial charge in [0.1, 0.15) is 6.04 Å². The van der Waals surface area contributed by atoms with Gasteiger partial charge in [0.2, 0.25) is 0 Å². The lowest BCUT2D eigenvalue weighted by Crippen LogP contribution is -2.40. The van der Waals surface area contributed by atoms with E-state index in [0.29, 0.717) is 17.8 Å². The van der Waals surface area contributed by atoms with Crippen LogP contribution in [0.1, 0.15) is 22.5 Å². The number of hydrogen-bond donors (Lipinski definition) is 1. The summed E-state index contributed by atoms with van der Waals surface area (Å²) in [4.78, 5) is 24.9. The first-order valence-corrected chi connectivity index (χ1v) is 5.65. The highest BCUT2D eigenvalue weighted by Crippen LogP contribution is 2.22. The molecule has 1 N–H and O–H groups in total. The number of aliphatic carboxylic acids is 1. The lowest BCUT2D eigenvalue weighted by atomic mass is 10.2. The Kier molecular flexibility index (Phi) is 2.73. The van der Waals surface area contributed by atoms with Gasteiger partial charge in [0.25, 0.3) is 5.91 Å². The van der Waals surface area contributed by atoms with E-state index in [0.717, 1.165) is 6.42 Å². The summed E-state index contributed by atoms with van der Waals surface area (Å²) < 4.78 is 0. The van der Waals surface area contributed by atoms with Gasteiger partial charge in [-0.1, -0.05) is 6.07 Å². The van der Waals surface area contributed by atoms with E-state index in [1.54, 1.807) is 12.1 Å². The van der Waals surface area contributed by atoms with Crippen molar-refractivity contribution in [1.29, 1.82) is 0 Å². The lowest BCUT2D eigenvalue weighted by molar-refractivity contribution is -0.141. The van der Waals surface area contributed by atoms with E-state index in [1.165, 1.54) is 16.2 Å². The molecule has 0 aliphatic carbocycles. The van der Waals surface area contributed by atoms with Gasteiger partial charge in [-0.25, -0.2) is 4.79 Å². The second kappa shape index (κ2) is 4.02. The second-order valence-corrected chi connectivity index (χ2v) is 4.42. The van der Waals surface area contributed by atoms with Crippen LogP contribution >= 0.6 is 11.3 Å². The van der Waals surface area contributed by atoms with Crippen molar-refractivity contribution in [3.05, 3.63) is 22.4 Å². The third-order valence-electron chi connectivity index (χ3n) is 2.53. The van der Waals surface area contributed by atoms with Crippen molar-refractivity contribution in [1.82, 2.24) is 4.90 Å². The predicted molar refractivity (Wildman–Crippen MR) is 56.0 cm³/mol. The molecule has 1 aromatic rings. The largest absolute Gasteiger partial charge is 0.480 e. The maximum absolute atomic E-state index is 11.9. The number of carbonyl (C=O) groups is 2. The Morgan fingerprint density at radius 2 is 2.33 bits per heavy atom. The number of carbonyl (C=O) groups excluding carboxylic acids is 1. The quantitative estimate of drug-likeness (QED) is 0.828. The summed E-state index contributed by atoms with van der Waals surface area (Å²) in [6.45, 7) is 0.549. The summed E-state index contributed by atoms with van der Waals surface area (Å²) in [5.74, 6) is -1.06. The van der Waals surface area contributed by atoms with Gasteiger partial charge in [-0.05, 0) is 24.3 Å². The first-order valence-electron chi connectivity index (χ1n) is 4.77. The highest BCUT2D eigenvalue weighted by Gasteiger charge is 2.34. The SMILES string of the molecule is O=C(O)[C@H]1CCCN1C(=O)c1cccs1. The van der Waals surface area contributed by atoms with Crippen LogP contribution < -0.4 is 0 Å². The molecule has 1 atom stereocenters. The van der Waals surface area contributed by atoms with Crippen LogP contribution in [0.4, 0.5) is 0 Å². The van der Waals surface area contributed by atoms with Crippen LogP contribution in [0.15, 0.2) is 17.5 Å². The Hall–Kier alpha value is -1.36. The number of rotatable bonds is 2. The Balaban J connectivity index is 2.17. The van der Waals surface area contributed by atoms with Crippen molar-refractivity contribution < 1.29 is 14.7 Å². The molecule has 0 spiro atoms. The number of thiophene rings is 1. The number of amides is 1. The fourth-order valence-corrected chi connectivity index (χ4v) is 2.49. The maximum Gasteiger partial charge on any atom is 0.326 e. The zero-order valence-electron chi connectivity index (χ0n) is 8.05. The molecule has 1 aliphatic heterocycles. The van der Waals surface area contributed by atoms with Crippen LogP contribution in [-0.4, -0.2) is 34.5 Å². The van der Waals surface area contributed by atoms with Crippen molar-refractivity contribution in [2.24, 2.45) is 0 Å². The van der Waals surface area contributed by atoms with Crippen LogP contribution in [0.5, 0.6) is 0 Å². The van der Waals surface area contributed by atoms with Crippen molar-refractivity contribution in [2.75, 3.05) is 6.54 Å². The molecule has 0 saturated carbocycles. The Morgan fingerprint density at radius 3 is 2.93 bits per heavy atom. The zero-order chi connectivity index (χ0) is 10.8. The Labute approximate surface area is 91.1 Å². The van der Waals surface area contributed by atoms with Gasteiger partial charge in [-0.3, -0.25) is 4.79 Å². The second-order valence-electron chi connectivity index (χ2n) is 3.47. The van der Waals surface area contributed by atoms with Gasteiger partial charge in [0.05, 0.1) is 4.88 Å². The fourth-order valence-electron chi connectivity index (χ4n) is 1.81. The minimum absolute atomic E-state index is 0.157. The first kappa shape index (κ1) is 10.2. The molecule has 1 aliphatic rings. The normalized spacial score (nSPS) is 20.5. The van der Waals surface area contributed by atoms with E-state index >= 15 is 0 Å². The van der Waals surface area contributed by atoms with Gasteiger partial charge in [-0.15, -0.1) is 11.3 Å². The van der Waals surface area contributed by atoms with E-state index < -0.39 is 12.0 Å².